The lowest BCUT2D eigenvalue weighted by Crippen LogP contribution is -2.15. The fraction of sp³-hybridized carbons (Fsp3) is 0.167. The highest BCUT2D eigenvalue weighted by Crippen LogP contribution is 2.33. The number of halogens is 5. The van der Waals surface area contributed by atoms with E-state index in [1.807, 2.05) is 0 Å². The fourth-order valence-corrected chi connectivity index (χ4v) is 5.13. The Morgan fingerprint density at radius 1 is 1.03 bits per heavy atom. The highest BCUT2D eigenvalue weighted by Gasteiger charge is 2.24. The first-order valence-electron chi connectivity index (χ1n) is 8.15. The summed E-state index contributed by atoms with van der Waals surface area (Å²) < 4.78 is 43.7. The Hall–Kier alpha value is -1.51. The molecular formula is C18H14Cl4FN3O2S. The van der Waals surface area contributed by atoms with Crippen molar-refractivity contribution in [1.82, 2.24) is 9.78 Å². The van der Waals surface area contributed by atoms with Crippen LogP contribution in [0.5, 0.6) is 0 Å². The number of anilines is 1. The van der Waals surface area contributed by atoms with Crippen LogP contribution < -0.4 is 4.72 Å². The summed E-state index contributed by atoms with van der Waals surface area (Å²) in [5, 5.41) is 4.67. The average Bonchev–Trinajstić information content (AvgIpc) is 2.88. The standard InChI is InChI=1S/C18H14Cl4FN3O2S/c1-9-18(25-29(27,28)17-7-14(21)13(20)6-15(17)22)10(2)26(24-9)8-11-12(19)4-3-5-16(11)23/h3-7,25H,8H2,1-2H3. The van der Waals surface area contributed by atoms with Gasteiger partial charge in [0.15, 0.2) is 0 Å². The monoisotopic (exact) mass is 495 g/mol. The number of nitrogens with zero attached hydrogens (tertiary/aromatic N) is 2. The molecular weight excluding hydrogens is 483 g/mol. The second kappa shape index (κ2) is 8.32. The van der Waals surface area contributed by atoms with Gasteiger partial charge in [0, 0.05) is 10.6 Å². The van der Waals surface area contributed by atoms with Gasteiger partial charge in [-0.15, -0.1) is 0 Å². The van der Waals surface area contributed by atoms with Gasteiger partial charge in [-0.3, -0.25) is 9.40 Å². The van der Waals surface area contributed by atoms with E-state index in [-0.39, 0.29) is 42.8 Å². The zero-order valence-electron chi connectivity index (χ0n) is 15.1. The van der Waals surface area contributed by atoms with Crippen LogP contribution >= 0.6 is 46.4 Å². The van der Waals surface area contributed by atoms with Gasteiger partial charge in [-0.05, 0) is 38.1 Å². The Balaban J connectivity index is 1.98. The van der Waals surface area contributed by atoms with E-state index in [4.69, 9.17) is 46.4 Å². The van der Waals surface area contributed by atoms with E-state index in [0.29, 0.717) is 11.4 Å². The van der Waals surface area contributed by atoms with Gasteiger partial charge in [0.05, 0.1) is 38.7 Å². The Labute approximate surface area is 187 Å². The summed E-state index contributed by atoms with van der Waals surface area (Å²) in [6, 6.07) is 6.79. The molecule has 3 aromatic rings. The highest BCUT2D eigenvalue weighted by atomic mass is 35.5. The van der Waals surface area contributed by atoms with Crippen molar-refractivity contribution < 1.29 is 12.8 Å². The molecule has 0 spiro atoms. The maximum atomic E-state index is 14.1. The van der Waals surface area contributed by atoms with Crippen LogP contribution in [0.4, 0.5) is 10.1 Å². The molecule has 0 radical (unpaired) electrons. The van der Waals surface area contributed by atoms with E-state index in [9.17, 15) is 12.8 Å². The van der Waals surface area contributed by atoms with E-state index in [0.717, 1.165) is 0 Å². The van der Waals surface area contributed by atoms with Crippen molar-refractivity contribution in [2.75, 3.05) is 4.72 Å². The number of aromatic nitrogens is 2. The molecule has 1 N–H and O–H groups in total. The van der Waals surface area contributed by atoms with Crippen LogP contribution in [0.2, 0.25) is 20.1 Å². The van der Waals surface area contributed by atoms with Crippen LogP contribution in [0.15, 0.2) is 35.2 Å². The number of nitrogens with one attached hydrogen (secondary N) is 1. The first-order valence-corrected chi connectivity index (χ1v) is 11.1. The quantitative estimate of drug-likeness (QED) is 0.434. The zero-order chi connectivity index (χ0) is 21.5. The molecule has 11 heteroatoms. The molecule has 0 amide bonds. The first-order chi connectivity index (χ1) is 13.5. The Kier molecular flexibility index (Phi) is 6.36. The van der Waals surface area contributed by atoms with Crippen LogP contribution in [0.3, 0.4) is 0 Å². The maximum Gasteiger partial charge on any atom is 0.263 e. The van der Waals surface area contributed by atoms with Gasteiger partial charge in [-0.1, -0.05) is 52.5 Å². The minimum absolute atomic E-state index is 0.0352. The normalized spacial score (nSPS) is 11.7. The molecule has 0 aliphatic carbocycles. The Morgan fingerprint density at radius 3 is 2.34 bits per heavy atom. The maximum absolute atomic E-state index is 14.1. The summed E-state index contributed by atoms with van der Waals surface area (Å²) in [5.41, 5.74) is 1.37. The largest absolute Gasteiger partial charge is 0.276 e. The lowest BCUT2D eigenvalue weighted by Gasteiger charge is -2.12. The summed E-state index contributed by atoms with van der Waals surface area (Å²) in [6.45, 7) is 3.32. The summed E-state index contributed by atoms with van der Waals surface area (Å²) in [5.74, 6) is -0.477. The molecule has 0 atom stereocenters. The van der Waals surface area contributed by atoms with Gasteiger partial charge in [0.1, 0.15) is 10.7 Å². The Morgan fingerprint density at radius 2 is 1.69 bits per heavy atom. The predicted molar refractivity (Wildman–Crippen MR) is 114 cm³/mol. The lowest BCUT2D eigenvalue weighted by molar-refractivity contribution is 0.579. The van der Waals surface area contributed by atoms with E-state index in [1.165, 1.54) is 28.9 Å². The number of benzene rings is 2. The third-order valence-corrected chi connectivity index (χ3v) is 7.14. The van der Waals surface area contributed by atoms with Crippen LogP contribution in [0.25, 0.3) is 0 Å². The molecule has 5 nitrogen and oxygen atoms in total. The molecule has 0 unspecified atom stereocenters. The average molecular weight is 497 g/mol. The molecule has 0 fully saturated rings. The summed E-state index contributed by atoms with van der Waals surface area (Å²) in [4.78, 5) is -0.225. The van der Waals surface area contributed by atoms with Crippen molar-refractivity contribution in [2.45, 2.75) is 25.3 Å². The first kappa shape index (κ1) is 22.2. The minimum atomic E-state index is -4.08. The molecule has 0 saturated carbocycles. The topological polar surface area (TPSA) is 64.0 Å². The van der Waals surface area contributed by atoms with Crippen LogP contribution in [0.1, 0.15) is 17.0 Å². The van der Waals surface area contributed by atoms with E-state index in [2.05, 4.69) is 9.82 Å². The molecule has 0 aliphatic rings. The molecule has 0 aliphatic heterocycles. The van der Waals surface area contributed by atoms with Gasteiger partial charge >= 0.3 is 0 Å². The lowest BCUT2D eigenvalue weighted by atomic mass is 10.2. The van der Waals surface area contributed by atoms with Crippen molar-refractivity contribution in [3.8, 4) is 0 Å². The van der Waals surface area contributed by atoms with Gasteiger partial charge in [0.2, 0.25) is 0 Å². The minimum Gasteiger partial charge on any atom is -0.276 e. The van der Waals surface area contributed by atoms with Crippen molar-refractivity contribution in [3.63, 3.8) is 0 Å². The van der Waals surface area contributed by atoms with Gasteiger partial charge in [-0.25, -0.2) is 12.8 Å². The van der Waals surface area contributed by atoms with Crippen LogP contribution in [-0.2, 0) is 16.6 Å². The fourth-order valence-electron chi connectivity index (χ4n) is 2.73. The Bertz CT molecular complexity index is 1190. The molecule has 154 valence electrons. The molecule has 3 rings (SSSR count). The molecule has 0 bridgehead atoms. The molecule has 2 aromatic carbocycles. The van der Waals surface area contributed by atoms with Crippen molar-refractivity contribution in [1.29, 1.82) is 0 Å². The van der Waals surface area contributed by atoms with Crippen molar-refractivity contribution in [3.05, 3.63) is 73.2 Å². The second-order valence-electron chi connectivity index (χ2n) is 6.21. The van der Waals surface area contributed by atoms with Crippen molar-refractivity contribution >= 4 is 62.1 Å². The summed E-state index contributed by atoms with van der Waals surface area (Å²) >= 11 is 23.9. The third kappa shape index (κ3) is 4.49. The van der Waals surface area contributed by atoms with E-state index in [1.54, 1.807) is 19.9 Å². The smallest absolute Gasteiger partial charge is 0.263 e. The van der Waals surface area contributed by atoms with Gasteiger partial charge < -0.3 is 0 Å². The second-order valence-corrected chi connectivity index (χ2v) is 9.49. The highest BCUT2D eigenvalue weighted by molar-refractivity contribution is 7.92. The van der Waals surface area contributed by atoms with Gasteiger partial charge in [0.25, 0.3) is 10.0 Å². The number of sulfonamides is 1. The van der Waals surface area contributed by atoms with Crippen molar-refractivity contribution in [2.24, 2.45) is 0 Å². The number of hydrogen-bond donors (Lipinski definition) is 1. The van der Waals surface area contributed by atoms with Gasteiger partial charge in [-0.2, -0.15) is 5.10 Å². The van der Waals surface area contributed by atoms with Crippen LogP contribution in [0, 0.1) is 19.7 Å². The third-order valence-electron chi connectivity index (χ3n) is 4.25. The number of aryl methyl sites for hydroxylation is 1. The molecule has 0 saturated heterocycles. The zero-order valence-corrected chi connectivity index (χ0v) is 18.9. The predicted octanol–water partition coefficient (Wildman–Crippen LogP) is 6.10. The molecule has 1 heterocycles. The number of hydrogen-bond acceptors (Lipinski definition) is 3. The summed E-state index contributed by atoms with van der Waals surface area (Å²) in [7, 11) is -4.08. The molecule has 1 aromatic heterocycles. The summed E-state index contributed by atoms with van der Waals surface area (Å²) in [6.07, 6.45) is 0. The molecule has 29 heavy (non-hydrogen) atoms. The SMILES string of the molecule is Cc1nn(Cc2c(F)cccc2Cl)c(C)c1NS(=O)(=O)c1cc(Cl)c(Cl)cc1Cl. The van der Waals surface area contributed by atoms with E-state index < -0.39 is 15.8 Å². The van der Waals surface area contributed by atoms with E-state index >= 15 is 0 Å². The van der Waals surface area contributed by atoms with Crippen LogP contribution in [-0.4, -0.2) is 18.2 Å². The number of rotatable bonds is 5.